The van der Waals surface area contributed by atoms with Gasteiger partial charge >= 0.3 is 0 Å². The molecule has 0 amide bonds. The molecule has 0 fully saturated rings. The number of nitrogens with zero attached hydrogens (tertiary/aromatic N) is 1. The molecule has 0 saturated carbocycles. The van der Waals surface area contributed by atoms with E-state index in [1.807, 2.05) is 0 Å². The Kier molecular flexibility index (Phi) is 3.99. The standard InChI is InChI=1S/C13H12F4N2S/c1-5-13(20-7(3)18-5)6(2)19-12-10(16)8(14)4-9(15)11(12)17/h4,6,19H,1-3H3. The van der Waals surface area contributed by atoms with Gasteiger partial charge in [-0.25, -0.2) is 22.5 Å². The third kappa shape index (κ3) is 2.63. The SMILES string of the molecule is Cc1nc(C)c(C(C)Nc2c(F)c(F)cc(F)c2F)s1. The molecule has 0 radical (unpaired) electrons. The molecule has 0 bridgehead atoms. The van der Waals surface area contributed by atoms with Crippen LogP contribution in [-0.2, 0) is 0 Å². The quantitative estimate of drug-likeness (QED) is 0.667. The number of aryl methyl sites for hydroxylation is 2. The monoisotopic (exact) mass is 304 g/mol. The first-order valence-corrected chi connectivity index (χ1v) is 6.66. The first-order valence-electron chi connectivity index (χ1n) is 5.84. The molecular weight excluding hydrogens is 292 g/mol. The van der Waals surface area contributed by atoms with Gasteiger partial charge in [0.05, 0.1) is 16.7 Å². The van der Waals surface area contributed by atoms with Crippen LogP contribution in [0.2, 0.25) is 0 Å². The van der Waals surface area contributed by atoms with E-state index in [4.69, 9.17) is 0 Å². The lowest BCUT2D eigenvalue weighted by Gasteiger charge is -2.16. The minimum atomic E-state index is -1.44. The Morgan fingerprint density at radius 2 is 1.65 bits per heavy atom. The zero-order chi connectivity index (χ0) is 15.0. The van der Waals surface area contributed by atoms with Gasteiger partial charge in [0.15, 0.2) is 23.3 Å². The third-order valence-corrected chi connectivity index (χ3v) is 4.06. The maximum absolute atomic E-state index is 13.6. The van der Waals surface area contributed by atoms with Crippen LogP contribution in [0.5, 0.6) is 0 Å². The topological polar surface area (TPSA) is 24.9 Å². The summed E-state index contributed by atoms with van der Waals surface area (Å²) >= 11 is 1.36. The van der Waals surface area contributed by atoms with Crippen LogP contribution in [-0.4, -0.2) is 4.98 Å². The molecule has 108 valence electrons. The van der Waals surface area contributed by atoms with E-state index in [2.05, 4.69) is 10.3 Å². The van der Waals surface area contributed by atoms with E-state index in [0.29, 0.717) is 5.69 Å². The summed E-state index contributed by atoms with van der Waals surface area (Å²) in [5.74, 6) is -5.74. The van der Waals surface area contributed by atoms with Crippen molar-refractivity contribution in [2.45, 2.75) is 26.8 Å². The number of anilines is 1. The average Bonchev–Trinajstić information content (AvgIpc) is 2.71. The summed E-state index contributed by atoms with van der Waals surface area (Å²) in [5, 5.41) is 3.27. The number of nitrogens with one attached hydrogen (secondary N) is 1. The van der Waals surface area contributed by atoms with Crippen molar-refractivity contribution in [2.75, 3.05) is 5.32 Å². The Morgan fingerprint density at radius 3 is 2.10 bits per heavy atom. The molecule has 1 atom stereocenters. The molecule has 0 spiro atoms. The highest BCUT2D eigenvalue weighted by Gasteiger charge is 2.22. The molecule has 0 saturated heterocycles. The van der Waals surface area contributed by atoms with Crippen LogP contribution >= 0.6 is 11.3 Å². The van der Waals surface area contributed by atoms with Crippen molar-refractivity contribution in [1.82, 2.24) is 4.98 Å². The maximum Gasteiger partial charge on any atom is 0.185 e. The predicted octanol–water partition coefficient (Wildman–Crippen LogP) is 4.49. The largest absolute Gasteiger partial charge is 0.373 e. The van der Waals surface area contributed by atoms with Gasteiger partial charge in [-0.2, -0.15) is 0 Å². The zero-order valence-electron chi connectivity index (χ0n) is 11.0. The van der Waals surface area contributed by atoms with Gasteiger partial charge in [0.25, 0.3) is 0 Å². The molecule has 2 rings (SSSR count). The van der Waals surface area contributed by atoms with Crippen LogP contribution in [0, 0.1) is 37.1 Å². The van der Waals surface area contributed by atoms with Gasteiger partial charge in [0.2, 0.25) is 0 Å². The fourth-order valence-electron chi connectivity index (χ4n) is 1.93. The van der Waals surface area contributed by atoms with Crippen molar-refractivity contribution in [3.63, 3.8) is 0 Å². The third-order valence-electron chi connectivity index (χ3n) is 2.81. The van der Waals surface area contributed by atoms with Crippen LogP contribution in [0.1, 0.15) is 28.5 Å². The van der Waals surface area contributed by atoms with Crippen molar-refractivity contribution in [3.8, 4) is 0 Å². The van der Waals surface area contributed by atoms with E-state index in [1.54, 1.807) is 20.8 Å². The number of aromatic nitrogens is 1. The smallest absolute Gasteiger partial charge is 0.185 e. The first-order chi connectivity index (χ1) is 9.31. The van der Waals surface area contributed by atoms with Crippen LogP contribution in [0.25, 0.3) is 0 Å². The molecule has 20 heavy (non-hydrogen) atoms. The van der Waals surface area contributed by atoms with Gasteiger partial charge in [-0.05, 0) is 20.8 Å². The Bertz CT molecular complexity index is 628. The van der Waals surface area contributed by atoms with Crippen LogP contribution in [0.3, 0.4) is 0 Å². The normalized spacial score (nSPS) is 12.6. The van der Waals surface area contributed by atoms with Gasteiger partial charge in [-0.15, -0.1) is 11.3 Å². The van der Waals surface area contributed by atoms with Gasteiger partial charge in [0, 0.05) is 10.9 Å². The minimum Gasteiger partial charge on any atom is -0.373 e. The van der Waals surface area contributed by atoms with E-state index in [0.717, 1.165) is 9.88 Å². The predicted molar refractivity (Wildman–Crippen MR) is 69.9 cm³/mol. The molecule has 2 aromatic rings. The molecule has 1 aromatic heterocycles. The Labute approximate surface area is 117 Å². The first kappa shape index (κ1) is 14.8. The van der Waals surface area contributed by atoms with Crippen molar-refractivity contribution in [1.29, 1.82) is 0 Å². The maximum atomic E-state index is 13.6. The van der Waals surface area contributed by atoms with Crippen molar-refractivity contribution >= 4 is 17.0 Å². The fraction of sp³-hybridized carbons (Fsp3) is 0.308. The van der Waals surface area contributed by atoms with Crippen molar-refractivity contribution in [3.05, 3.63) is 44.9 Å². The molecule has 1 N–H and O–H groups in total. The van der Waals surface area contributed by atoms with Crippen LogP contribution < -0.4 is 5.32 Å². The Balaban J connectivity index is 2.37. The molecular formula is C13H12F4N2S. The zero-order valence-corrected chi connectivity index (χ0v) is 11.8. The number of thiazole rings is 1. The van der Waals surface area contributed by atoms with E-state index in [9.17, 15) is 17.6 Å². The summed E-state index contributed by atoms with van der Waals surface area (Å²) in [4.78, 5) is 4.95. The van der Waals surface area contributed by atoms with E-state index < -0.39 is 35.0 Å². The highest BCUT2D eigenvalue weighted by molar-refractivity contribution is 7.11. The molecule has 0 aliphatic carbocycles. The Hall–Kier alpha value is -1.63. The van der Waals surface area contributed by atoms with E-state index in [-0.39, 0.29) is 6.07 Å². The highest BCUT2D eigenvalue weighted by atomic mass is 32.1. The summed E-state index contributed by atoms with van der Waals surface area (Å²) < 4.78 is 53.4. The lowest BCUT2D eigenvalue weighted by molar-refractivity contribution is 0.457. The van der Waals surface area contributed by atoms with Crippen LogP contribution in [0.4, 0.5) is 23.2 Å². The second kappa shape index (κ2) is 5.40. The van der Waals surface area contributed by atoms with Gasteiger partial charge < -0.3 is 5.32 Å². The van der Waals surface area contributed by atoms with E-state index in [1.165, 1.54) is 11.3 Å². The molecule has 1 unspecified atom stereocenters. The summed E-state index contributed by atoms with van der Waals surface area (Å²) in [6.45, 7) is 5.20. The molecule has 0 aliphatic rings. The fourth-order valence-corrected chi connectivity index (χ4v) is 2.86. The molecule has 0 aliphatic heterocycles. The summed E-state index contributed by atoms with van der Waals surface area (Å²) in [6, 6.07) is -0.339. The summed E-state index contributed by atoms with van der Waals surface area (Å²) in [6.07, 6.45) is 0. The van der Waals surface area contributed by atoms with Crippen molar-refractivity contribution in [2.24, 2.45) is 0 Å². The number of halogens is 4. The van der Waals surface area contributed by atoms with Gasteiger partial charge in [0.1, 0.15) is 5.69 Å². The summed E-state index contributed by atoms with van der Waals surface area (Å²) in [5.41, 5.74) is -0.0920. The highest BCUT2D eigenvalue weighted by Crippen LogP contribution is 2.31. The lowest BCUT2D eigenvalue weighted by atomic mass is 10.2. The van der Waals surface area contributed by atoms with Crippen molar-refractivity contribution < 1.29 is 17.6 Å². The van der Waals surface area contributed by atoms with Crippen LogP contribution in [0.15, 0.2) is 6.07 Å². The number of hydrogen-bond acceptors (Lipinski definition) is 3. The molecule has 2 nitrogen and oxygen atoms in total. The van der Waals surface area contributed by atoms with E-state index >= 15 is 0 Å². The second-order valence-corrected chi connectivity index (χ2v) is 5.63. The van der Waals surface area contributed by atoms with Gasteiger partial charge in [-0.3, -0.25) is 0 Å². The summed E-state index contributed by atoms with van der Waals surface area (Å²) in [7, 11) is 0. The lowest BCUT2D eigenvalue weighted by Crippen LogP contribution is -2.11. The Morgan fingerprint density at radius 1 is 1.10 bits per heavy atom. The second-order valence-electron chi connectivity index (χ2n) is 4.39. The number of benzene rings is 1. The number of hydrogen-bond donors (Lipinski definition) is 1. The number of rotatable bonds is 3. The molecule has 1 aromatic carbocycles. The molecule has 7 heteroatoms. The molecule has 1 heterocycles. The van der Waals surface area contributed by atoms with Gasteiger partial charge in [-0.1, -0.05) is 0 Å². The average molecular weight is 304 g/mol. The minimum absolute atomic E-state index is 0.183.